The number of amides is 4. The lowest BCUT2D eigenvalue weighted by Gasteiger charge is -2.30. The van der Waals surface area contributed by atoms with E-state index in [1.807, 2.05) is 0 Å². The van der Waals surface area contributed by atoms with E-state index in [2.05, 4.69) is 25.9 Å². The standard InChI is InChI=1S/C18H29N7O4/c1-4-20-17(28)24-18(2,3)16(27)25-9-5-12(11-25)29-10-8-23-15(26)13-14(19)22-7-6-21-13/h6-7,12H,4-5,8-11H2,1-3H3,(H2,19,22)(H,23,26)(H2,20,24,28). The molecule has 1 aliphatic heterocycles. The molecule has 1 saturated heterocycles. The number of aromatic nitrogens is 2. The van der Waals surface area contributed by atoms with Crippen molar-refractivity contribution in [3.05, 3.63) is 18.1 Å². The first-order chi connectivity index (χ1) is 13.7. The number of hydrogen-bond acceptors (Lipinski definition) is 7. The molecule has 11 heteroatoms. The van der Waals surface area contributed by atoms with Gasteiger partial charge in [-0.1, -0.05) is 0 Å². The number of nitrogens with zero attached hydrogens (tertiary/aromatic N) is 3. The Morgan fingerprint density at radius 1 is 1.28 bits per heavy atom. The Morgan fingerprint density at radius 3 is 2.69 bits per heavy atom. The van der Waals surface area contributed by atoms with Crippen LogP contribution < -0.4 is 21.7 Å². The van der Waals surface area contributed by atoms with Crippen LogP contribution in [0.2, 0.25) is 0 Å². The van der Waals surface area contributed by atoms with E-state index in [0.717, 1.165) is 0 Å². The Balaban J connectivity index is 1.73. The van der Waals surface area contributed by atoms with Crippen LogP contribution in [0.3, 0.4) is 0 Å². The summed E-state index contributed by atoms with van der Waals surface area (Å²) in [6.07, 6.45) is 3.37. The van der Waals surface area contributed by atoms with Crippen LogP contribution in [0.5, 0.6) is 0 Å². The van der Waals surface area contributed by atoms with Crippen molar-refractivity contribution in [1.29, 1.82) is 0 Å². The van der Waals surface area contributed by atoms with Crippen LogP contribution in [-0.4, -0.2) is 77.1 Å². The average Bonchev–Trinajstić information content (AvgIpc) is 3.13. The third-order valence-electron chi connectivity index (χ3n) is 4.41. The SMILES string of the molecule is CCNC(=O)NC(C)(C)C(=O)N1CCC(OCCNC(=O)c2nccnc2N)C1. The maximum absolute atomic E-state index is 12.7. The van der Waals surface area contributed by atoms with Gasteiger partial charge in [-0.05, 0) is 27.2 Å². The number of nitrogen functional groups attached to an aromatic ring is 1. The fraction of sp³-hybridized carbons (Fsp3) is 0.611. The molecule has 1 atom stereocenters. The number of likely N-dealkylation sites (tertiary alicyclic amines) is 1. The van der Waals surface area contributed by atoms with Gasteiger partial charge in [-0.15, -0.1) is 0 Å². The number of carbonyl (C=O) groups excluding carboxylic acids is 3. The average molecular weight is 407 g/mol. The molecule has 29 heavy (non-hydrogen) atoms. The maximum atomic E-state index is 12.7. The molecule has 0 saturated carbocycles. The molecule has 1 aromatic rings. The Morgan fingerprint density at radius 2 is 2.00 bits per heavy atom. The Kier molecular flexibility index (Phi) is 7.71. The lowest BCUT2D eigenvalue weighted by atomic mass is 10.0. The summed E-state index contributed by atoms with van der Waals surface area (Å²) in [7, 11) is 0. The predicted molar refractivity (Wildman–Crippen MR) is 106 cm³/mol. The first-order valence-corrected chi connectivity index (χ1v) is 9.56. The normalized spacial score (nSPS) is 16.4. The van der Waals surface area contributed by atoms with Crippen LogP contribution in [0.1, 0.15) is 37.7 Å². The summed E-state index contributed by atoms with van der Waals surface area (Å²) in [5.41, 5.74) is 4.68. The van der Waals surface area contributed by atoms with Crippen LogP contribution in [0.15, 0.2) is 12.4 Å². The van der Waals surface area contributed by atoms with Gasteiger partial charge in [-0.2, -0.15) is 0 Å². The zero-order valence-electron chi connectivity index (χ0n) is 17.0. The van der Waals surface area contributed by atoms with Gasteiger partial charge in [0.15, 0.2) is 11.5 Å². The van der Waals surface area contributed by atoms with Gasteiger partial charge in [-0.3, -0.25) is 9.59 Å². The van der Waals surface area contributed by atoms with Gasteiger partial charge in [0, 0.05) is 38.6 Å². The zero-order valence-corrected chi connectivity index (χ0v) is 17.0. The van der Waals surface area contributed by atoms with E-state index in [1.165, 1.54) is 12.4 Å². The molecule has 0 bridgehead atoms. The number of urea groups is 1. The minimum Gasteiger partial charge on any atom is -0.382 e. The predicted octanol–water partition coefficient (Wildman–Crippen LogP) is -0.496. The highest BCUT2D eigenvalue weighted by molar-refractivity contribution is 5.96. The molecule has 2 heterocycles. The van der Waals surface area contributed by atoms with Crippen LogP contribution in [0, 0.1) is 0 Å². The quantitative estimate of drug-likeness (QED) is 0.424. The van der Waals surface area contributed by atoms with Gasteiger partial charge in [0.1, 0.15) is 5.54 Å². The lowest BCUT2D eigenvalue weighted by molar-refractivity contribution is -0.136. The molecule has 2 rings (SSSR count). The topological polar surface area (TPSA) is 152 Å². The van der Waals surface area contributed by atoms with Crippen molar-refractivity contribution in [2.24, 2.45) is 0 Å². The molecule has 1 aliphatic rings. The van der Waals surface area contributed by atoms with Crippen LogP contribution in [0.25, 0.3) is 0 Å². The smallest absolute Gasteiger partial charge is 0.315 e. The summed E-state index contributed by atoms with van der Waals surface area (Å²) in [6.45, 7) is 7.19. The highest BCUT2D eigenvalue weighted by Gasteiger charge is 2.37. The largest absolute Gasteiger partial charge is 0.382 e. The van der Waals surface area contributed by atoms with Crippen molar-refractivity contribution in [2.75, 3.05) is 38.5 Å². The highest BCUT2D eigenvalue weighted by Crippen LogP contribution is 2.17. The van der Waals surface area contributed by atoms with E-state index in [1.54, 1.807) is 25.7 Å². The molecular formula is C18H29N7O4. The first-order valence-electron chi connectivity index (χ1n) is 9.56. The molecule has 0 radical (unpaired) electrons. The maximum Gasteiger partial charge on any atom is 0.315 e. The molecule has 0 aliphatic carbocycles. The number of ether oxygens (including phenoxy) is 1. The van der Waals surface area contributed by atoms with E-state index in [9.17, 15) is 14.4 Å². The zero-order chi connectivity index (χ0) is 21.4. The number of nitrogens with one attached hydrogen (secondary N) is 3. The van der Waals surface area contributed by atoms with Gasteiger partial charge < -0.3 is 31.3 Å². The number of rotatable bonds is 8. The fourth-order valence-electron chi connectivity index (χ4n) is 2.98. The molecule has 1 unspecified atom stereocenters. The summed E-state index contributed by atoms with van der Waals surface area (Å²) in [5, 5.41) is 7.98. The number of anilines is 1. The molecule has 0 spiro atoms. The molecular weight excluding hydrogens is 378 g/mol. The fourth-order valence-corrected chi connectivity index (χ4v) is 2.98. The van der Waals surface area contributed by atoms with Crippen molar-refractivity contribution < 1.29 is 19.1 Å². The second-order valence-corrected chi connectivity index (χ2v) is 7.19. The number of nitrogens with two attached hydrogens (primary N) is 1. The van der Waals surface area contributed by atoms with Crippen molar-refractivity contribution in [2.45, 2.75) is 38.8 Å². The van der Waals surface area contributed by atoms with Gasteiger partial charge in [0.2, 0.25) is 5.91 Å². The summed E-state index contributed by atoms with van der Waals surface area (Å²) in [4.78, 5) is 45.8. The van der Waals surface area contributed by atoms with E-state index in [4.69, 9.17) is 10.5 Å². The second-order valence-electron chi connectivity index (χ2n) is 7.19. The van der Waals surface area contributed by atoms with E-state index >= 15 is 0 Å². The van der Waals surface area contributed by atoms with Crippen LogP contribution >= 0.6 is 0 Å². The van der Waals surface area contributed by atoms with Crippen LogP contribution in [0.4, 0.5) is 10.6 Å². The highest BCUT2D eigenvalue weighted by atomic mass is 16.5. The Labute approximate surface area is 169 Å². The summed E-state index contributed by atoms with van der Waals surface area (Å²) in [6, 6.07) is -0.377. The lowest BCUT2D eigenvalue weighted by Crippen LogP contribution is -2.57. The minimum atomic E-state index is -1.02. The summed E-state index contributed by atoms with van der Waals surface area (Å²) in [5.74, 6) is -0.512. The van der Waals surface area contributed by atoms with Crippen LogP contribution in [-0.2, 0) is 9.53 Å². The Hall–Kier alpha value is -2.95. The third-order valence-corrected chi connectivity index (χ3v) is 4.41. The second kappa shape index (κ2) is 10.0. The minimum absolute atomic E-state index is 0.0692. The number of carbonyl (C=O) groups is 3. The summed E-state index contributed by atoms with van der Waals surface area (Å²) >= 11 is 0. The molecule has 1 fully saturated rings. The molecule has 4 amide bonds. The van der Waals surface area contributed by atoms with E-state index in [0.29, 0.717) is 32.7 Å². The van der Waals surface area contributed by atoms with Crippen molar-refractivity contribution in [1.82, 2.24) is 30.8 Å². The Bertz CT molecular complexity index is 741. The molecule has 11 nitrogen and oxygen atoms in total. The van der Waals surface area contributed by atoms with E-state index in [-0.39, 0.29) is 36.1 Å². The number of hydrogen-bond donors (Lipinski definition) is 4. The van der Waals surface area contributed by atoms with Gasteiger partial charge in [0.05, 0.1) is 12.7 Å². The molecule has 160 valence electrons. The molecule has 5 N–H and O–H groups in total. The van der Waals surface area contributed by atoms with Crippen molar-refractivity contribution in [3.8, 4) is 0 Å². The van der Waals surface area contributed by atoms with Crippen molar-refractivity contribution >= 4 is 23.7 Å². The van der Waals surface area contributed by atoms with E-state index < -0.39 is 11.4 Å². The first kappa shape index (κ1) is 22.3. The molecule has 0 aromatic carbocycles. The van der Waals surface area contributed by atoms with Crippen molar-refractivity contribution in [3.63, 3.8) is 0 Å². The van der Waals surface area contributed by atoms with Gasteiger partial charge in [0.25, 0.3) is 5.91 Å². The molecule has 1 aromatic heterocycles. The third kappa shape index (κ3) is 6.28. The van der Waals surface area contributed by atoms with Gasteiger partial charge >= 0.3 is 6.03 Å². The summed E-state index contributed by atoms with van der Waals surface area (Å²) < 4.78 is 5.76. The van der Waals surface area contributed by atoms with Gasteiger partial charge in [-0.25, -0.2) is 14.8 Å². The monoisotopic (exact) mass is 407 g/mol.